The molecule has 1 amide bonds. The second kappa shape index (κ2) is 10.6. The zero-order valence-corrected chi connectivity index (χ0v) is 21.2. The van der Waals surface area contributed by atoms with E-state index in [1.807, 2.05) is 0 Å². The number of likely N-dealkylation sites (tertiary alicyclic amines) is 1. The minimum Gasteiger partial charge on any atom is -0.385 e. The molecule has 1 saturated heterocycles. The standard InChI is InChI=1S/C20H23Cl3N2O5S2/c1-24(32(28,29)16-12-17(22)31-19(16)23)10-11-30-13-18(26)25-8-6-20(27,7-9-25)14-2-4-15(21)5-3-14/h2-5,12,27H,6-11,13H2,1H3. The molecular formula is C20H23Cl3N2O5S2. The Kier molecular flexibility index (Phi) is 8.49. The van der Waals surface area contributed by atoms with Crippen LogP contribution in [0.4, 0.5) is 0 Å². The van der Waals surface area contributed by atoms with Gasteiger partial charge in [0.05, 0.1) is 16.5 Å². The summed E-state index contributed by atoms with van der Waals surface area (Å²) in [5.74, 6) is -0.207. The van der Waals surface area contributed by atoms with Crippen molar-refractivity contribution >= 4 is 62.1 Å². The Morgan fingerprint density at radius 3 is 2.41 bits per heavy atom. The van der Waals surface area contributed by atoms with Crippen molar-refractivity contribution in [1.82, 2.24) is 9.21 Å². The van der Waals surface area contributed by atoms with Crippen LogP contribution < -0.4 is 0 Å². The lowest BCUT2D eigenvalue weighted by Gasteiger charge is -2.38. The number of sulfonamides is 1. The third-order valence-corrected chi connectivity index (χ3v) is 9.28. The van der Waals surface area contributed by atoms with Gasteiger partial charge >= 0.3 is 0 Å². The topological polar surface area (TPSA) is 87.2 Å². The number of ether oxygens (including phenoxy) is 1. The highest BCUT2D eigenvalue weighted by Crippen LogP contribution is 2.35. The predicted octanol–water partition coefficient (Wildman–Crippen LogP) is 3.86. The molecule has 0 spiro atoms. The van der Waals surface area contributed by atoms with Crippen molar-refractivity contribution in [2.45, 2.75) is 23.3 Å². The Labute approximate surface area is 206 Å². The van der Waals surface area contributed by atoms with Crippen molar-refractivity contribution in [3.8, 4) is 0 Å². The van der Waals surface area contributed by atoms with E-state index in [9.17, 15) is 18.3 Å². The molecule has 1 fully saturated rings. The number of carbonyl (C=O) groups is 1. The molecule has 0 aliphatic carbocycles. The smallest absolute Gasteiger partial charge is 0.248 e. The highest BCUT2D eigenvalue weighted by atomic mass is 35.5. The Hall–Kier alpha value is -0.910. The van der Waals surface area contributed by atoms with Gasteiger partial charge in [0.2, 0.25) is 15.9 Å². The summed E-state index contributed by atoms with van der Waals surface area (Å²) in [5, 5.41) is 11.5. The lowest BCUT2D eigenvalue weighted by atomic mass is 9.84. The van der Waals surface area contributed by atoms with Crippen LogP contribution in [-0.2, 0) is 25.2 Å². The van der Waals surface area contributed by atoms with Crippen LogP contribution >= 0.6 is 46.1 Å². The minimum atomic E-state index is -3.80. The fraction of sp³-hybridized carbons (Fsp3) is 0.450. The molecule has 0 saturated carbocycles. The number of rotatable bonds is 8. The number of aliphatic hydroxyl groups is 1. The largest absolute Gasteiger partial charge is 0.385 e. The first kappa shape index (κ1) is 25.7. The Morgan fingerprint density at radius 2 is 1.84 bits per heavy atom. The molecule has 2 aromatic rings. The van der Waals surface area contributed by atoms with E-state index in [2.05, 4.69) is 0 Å². The first-order valence-corrected chi connectivity index (χ1v) is 13.2. The lowest BCUT2D eigenvalue weighted by Crippen LogP contribution is -2.46. The Balaban J connectivity index is 1.44. The second-order valence-corrected chi connectivity index (χ2v) is 12.2. The van der Waals surface area contributed by atoms with E-state index in [0.717, 1.165) is 21.2 Å². The van der Waals surface area contributed by atoms with Gasteiger partial charge in [0.1, 0.15) is 15.8 Å². The first-order valence-electron chi connectivity index (χ1n) is 9.78. The predicted molar refractivity (Wildman–Crippen MR) is 126 cm³/mol. The van der Waals surface area contributed by atoms with Crippen LogP contribution in [0.15, 0.2) is 35.2 Å². The molecule has 32 heavy (non-hydrogen) atoms. The van der Waals surface area contributed by atoms with Crippen LogP contribution in [0.2, 0.25) is 13.7 Å². The van der Waals surface area contributed by atoms with E-state index < -0.39 is 15.6 Å². The molecule has 1 N–H and O–H groups in total. The van der Waals surface area contributed by atoms with Gasteiger partial charge in [0.15, 0.2) is 0 Å². The summed E-state index contributed by atoms with van der Waals surface area (Å²) in [4.78, 5) is 14.0. The van der Waals surface area contributed by atoms with E-state index in [-0.39, 0.29) is 39.2 Å². The molecule has 2 heterocycles. The SMILES string of the molecule is CN(CCOCC(=O)N1CCC(O)(c2ccc(Cl)cc2)CC1)S(=O)(=O)c1cc(Cl)sc1Cl. The first-order chi connectivity index (χ1) is 15.0. The van der Waals surface area contributed by atoms with Gasteiger partial charge in [0.25, 0.3) is 0 Å². The van der Waals surface area contributed by atoms with Gasteiger partial charge in [-0.1, -0.05) is 46.9 Å². The van der Waals surface area contributed by atoms with E-state index in [4.69, 9.17) is 39.5 Å². The molecule has 1 aliphatic rings. The van der Waals surface area contributed by atoms with Crippen LogP contribution in [0.3, 0.4) is 0 Å². The molecule has 0 bridgehead atoms. The van der Waals surface area contributed by atoms with Crippen LogP contribution in [0.1, 0.15) is 18.4 Å². The van der Waals surface area contributed by atoms with Crippen molar-refractivity contribution in [3.63, 3.8) is 0 Å². The minimum absolute atomic E-state index is 0.0412. The van der Waals surface area contributed by atoms with Crippen LogP contribution in [0.5, 0.6) is 0 Å². The van der Waals surface area contributed by atoms with Crippen molar-refractivity contribution < 1.29 is 23.1 Å². The van der Waals surface area contributed by atoms with Gasteiger partial charge in [-0.2, -0.15) is 4.31 Å². The van der Waals surface area contributed by atoms with Gasteiger partial charge < -0.3 is 14.7 Å². The quantitative estimate of drug-likeness (QED) is 0.513. The second-order valence-electron chi connectivity index (χ2n) is 7.49. The zero-order valence-electron chi connectivity index (χ0n) is 17.3. The normalized spacial score (nSPS) is 16.5. The van der Waals surface area contributed by atoms with Gasteiger partial charge in [-0.3, -0.25) is 4.79 Å². The molecule has 3 rings (SSSR count). The van der Waals surface area contributed by atoms with Gasteiger partial charge in [0, 0.05) is 31.7 Å². The fourth-order valence-electron chi connectivity index (χ4n) is 3.41. The summed E-state index contributed by atoms with van der Waals surface area (Å²) in [6.07, 6.45) is 0.816. The summed E-state index contributed by atoms with van der Waals surface area (Å²) in [6.45, 7) is 0.716. The molecule has 0 radical (unpaired) electrons. The van der Waals surface area contributed by atoms with Gasteiger partial charge in [-0.25, -0.2) is 8.42 Å². The number of thiophene rings is 1. The molecule has 0 unspecified atom stereocenters. The van der Waals surface area contributed by atoms with Crippen LogP contribution in [-0.4, -0.2) is 68.5 Å². The summed E-state index contributed by atoms with van der Waals surface area (Å²) in [7, 11) is -2.39. The third kappa shape index (κ3) is 5.95. The number of nitrogens with zero attached hydrogens (tertiary/aromatic N) is 2. The summed E-state index contributed by atoms with van der Waals surface area (Å²) < 4.78 is 32.0. The van der Waals surface area contributed by atoms with Gasteiger partial charge in [-0.05, 0) is 36.6 Å². The summed E-state index contributed by atoms with van der Waals surface area (Å²) >= 11 is 18.7. The summed E-state index contributed by atoms with van der Waals surface area (Å²) in [6, 6.07) is 8.37. The summed E-state index contributed by atoms with van der Waals surface area (Å²) in [5.41, 5.74) is -0.216. The number of piperidine rings is 1. The maximum Gasteiger partial charge on any atom is 0.248 e. The van der Waals surface area contributed by atoms with Crippen molar-refractivity contribution in [2.75, 3.05) is 39.9 Å². The average molecular weight is 542 g/mol. The third-order valence-electron chi connectivity index (χ3n) is 5.41. The maximum atomic E-state index is 12.6. The average Bonchev–Trinajstić information content (AvgIpc) is 3.10. The number of benzene rings is 1. The number of amides is 1. The highest BCUT2D eigenvalue weighted by Gasteiger charge is 2.35. The molecule has 176 valence electrons. The van der Waals surface area contributed by atoms with E-state index in [1.165, 1.54) is 13.1 Å². The Bertz CT molecular complexity index is 1050. The van der Waals surface area contributed by atoms with Crippen molar-refractivity contribution in [1.29, 1.82) is 0 Å². The molecule has 12 heteroatoms. The highest BCUT2D eigenvalue weighted by molar-refractivity contribution is 7.89. The van der Waals surface area contributed by atoms with E-state index in [0.29, 0.717) is 31.0 Å². The molecule has 1 aliphatic heterocycles. The van der Waals surface area contributed by atoms with Crippen molar-refractivity contribution in [3.05, 3.63) is 49.6 Å². The number of halogens is 3. The Morgan fingerprint density at radius 1 is 1.22 bits per heavy atom. The fourth-order valence-corrected chi connectivity index (χ4v) is 6.80. The van der Waals surface area contributed by atoms with E-state index in [1.54, 1.807) is 29.2 Å². The van der Waals surface area contributed by atoms with Crippen LogP contribution in [0.25, 0.3) is 0 Å². The number of carbonyl (C=O) groups excluding carboxylic acids is 1. The molecule has 0 atom stereocenters. The van der Waals surface area contributed by atoms with Crippen molar-refractivity contribution in [2.24, 2.45) is 0 Å². The van der Waals surface area contributed by atoms with Gasteiger partial charge in [-0.15, -0.1) is 11.3 Å². The maximum absolute atomic E-state index is 12.6. The number of hydrogen-bond acceptors (Lipinski definition) is 6. The van der Waals surface area contributed by atoms with E-state index >= 15 is 0 Å². The monoisotopic (exact) mass is 540 g/mol. The number of likely N-dealkylation sites (N-methyl/N-ethyl adjacent to an activating group) is 1. The molecular weight excluding hydrogens is 519 g/mol. The number of hydrogen-bond donors (Lipinski definition) is 1. The zero-order chi connectivity index (χ0) is 23.5. The lowest BCUT2D eigenvalue weighted by molar-refractivity contribution is -0.140. The van der Waals surface area contributed by atoms with Crippen LogP contribution in [0, 0.1) is 0 Å². The molecule has 7 nitrogen and oxygen atoms in total. The molecule has 1 aromatic heterocycles. The molecule has 1 aromatic carbocycles.